The first-order chi connectivity index (χ1) is 16.5. The molecule has 2 amide bonds. The fraction of sp³-hybridized carbons (Fsp3) is 0.333. The molecule has 1 heterocycles. The van der Waals surface area contributed by atoms with Gasteiger partial charge in [0.15, 0.2) is 11.3 Å². The first-order valence-electron chi connectivity index (χ1n) is 10.8. The second kappa shape index (κ2) is 12.1. The second-order valence-corrected chi connectivity index (χ2v) is 7.74. The van der Waals surface area contributed by atoms with Crippen molar-refractivity contribution in [3.63, 3.8) is 0 Å². The van der Waals surface area contributed by atoms with Crippen molar-refractivity contribution in [2.75, 3.05) is 20.8 Å². The highest BCUT2D eigenvalue weighted by Gasteiger charge is 2.32. The molecule has 1 unspecified atom stereocenters. The third-order valence-electron chi connectivity index (χ3n) is 5.48. The third-order valence-corrected chi connectivity index (χ3v) is 5.48. The molecule has 10 nitrogen and oxygen atoms in total. The Bertz CT molecular complexity index is 1090. The van der Waals surface area contributed by atoms with Crippen LogP contribution >= 0.6 is 0 Å². The average Bonchev–Trinajstić information content (AvgIpc) is 3.28. The van der Waals surface area contributed by atoms with Crippen molar-refractivity contribution in [1.82, 2.24) is 16.3 Å². The number of furan rings is 1. The van der Waals surface area contributed by atoms with Gasteiger partial charge in [0.25, 0.3) is 0 Å². The van der Waals surface area contributed by atoms with Crippen LogP contribution < -0.4 is 21.0 Å². The lowest BCUT2D eigenvalue weighted by molar-refractivity contribution is -0.158. The number of fused-ring (bicyclic) bond motifs is 1. The third kappa shape index (κ3) is 6.33. The predicted octanol–water partition coefficient (Wildman–Crippen LogP) is 1.34. The van der Waals surface area contributed by atoms with E-state index in [0.717, 1.165) is 10.9 Å². The van der Waals surface area contributed by atoms with E-state index < -0.39 is 24.0 Å². The highest BCUT2D eigenvalue weighted by Crippen LogP contribution is 2.30. The number of rotatable bonds is 12. The minimum Gasteiger partial charge on any atom is -0.493 e. The summed E-state index contributed by atoms with van der Waals surface area (Å²) in [4.78, 5) is 30.4. The molecule has 0 spiro atoms. The van der Waals surface area contributed by atoms with Crippen LogP contribution in [-0.4, -0.2) is 55.0 Å². The molecule has 0 aliphatic rings. The van der Waals surface area contributed by atoms with Crippen LogP contribution in [0, 0.1) is 5.92 Å². The molecule has 0 aliphatic heterocycles. The van der Waals surface area contributed by atoms with Gasteiger partial charge in [0, 0.05) is 25.3 Å². The molecule has 0 saturated carbocycles. The van der Waals surface area contributed by atoms with Crippen LogP contribution in [0.1, 0.15) is 11.3 Å². The molecule has 1 aromatic heterocycles. The molecule has 182 valence electrons. The summed E-state index contributed by atoms with van der Waals surface area (Å²) < 4.78 is 11.2. The van der Waals surface area contributed by atoms with E-state index in [1.807, 2.05) is 42.5 Å². The number of aliphatic hydroxyl groups is 1. The van der Waals surface area contributed by atoms with Crippen LogP contribution in [0.3, 0.4) is 0 Å². The Morgan fingerprint density at radius 2 is 1.82 bits per heavy atom. The normalized spacial score (nSPS) is 13.8. The van der Waals surface area contributed by atoms with Crippen LogP contribution in [0.2, 0.25) is 0 Å². The summed E-state index contributed by atoms with van der Waals surface area (Å²) in [5.74, 6) is -0.989. The fourth-order valence-electron chi connectivity index (χ4n) is 3.72. The number of benzene rings is 2. The molecule has 0 saturated heterocycles. The number of likely N-dealkylation sites (N-methyl/N-ethyl adjacent to an activating group) is 1. The van der Waals surface area contributed by atoms with E-state index in [1.165, 1.54) is 19.8 Å². The lowest BCUT2D eigenvalue weighted by atomic mass is 9.95. The number of nitrogens with one attached hydrogen (secondary N) is 3. The molecule has 34 heavy (non-hydrogen) atoms. The second-order valence-electron chi connectivity index (χ2n) is 7.74. The summed E-state index contributed by atoms with van der Waals surface area (Å²) in [5.41, 5.74) is 2.89. The SMILES string of the molecule is CNC(=O)[C@H](Cc1ccccc1)NC(=O)[C@H](Cc1cc2cccc(OC)c2o1)C(O)CONO. The van der Waals surface area contributed by atoms with Gasteiger partial charge in [-0.05, 0) is 17.7 Å². The van der Waals surface area contributed by atoms with Gasteiger partial charge in [-0.1, -0.05) is 48.1 Å². The molecule has 0 fully saturated rings. The summed E-state index contributed by atoms with van der Waals surface area (Å²) in [6, 6.07) is 15.6. The number of amides is 2. The van der Waals surface area contributed by atoms with Crippen molar-refractivity contribution < 1.29 is 33.9 Å². The largest absolute Gasteiger partial charge is 0.493 e. The maximum Gasteiger partial charge on any atom is 0.242 e. The van der Waals surface area contributed by atoms with E-state index in [0.29, 0.717) is 17.1 Å². The number of methoxy groups -OCH3 is 1. The van der Waals surface area contributed by atoms with Gasteiger partial charge >= 0.3 is 0 Å². The number of para-hydroxylation sites is 1. The lowest BCUT2D eigenvalue weighted by Crippen LogP contribution is -2.51. The van der Waals surface area contributed by atoms with Gasteiger partial charge in [-0.2, -0.15) is 0 Å². The molecule has 0 aliphatic carbocycles. The number of hydrogen-bond acceptors (Lipinski definition) is 8. The van der Waals surface area contributed by atoms with E-state index in [4.69, 9.17) is 14.4 Å². The van der Waals surface area contributed by atoms with Crippen molar-refractivity contribution in [2.45, 2.75) is 25.0 Å². The smallest absolute Gasteiger partial charge is 0.242 e. The Hall–Kier alpha value is -3.44. The zero-order valence-corrected chi connectivity index (χ0v) is 19.0. The molecule has 2 aromatic carbocycles. The monoisotopic (exact) mass is 471 g/mol. The maximum atomic E-state index is 13.3. The van der Waals surface area contributed by atoms with Crippen molar-refractivity contribution in [2.24, 2.45) is 5.92 Å². The Morgan fingerprint density at radius 3 is 2.50 bits per heavy atom. The highest BCUT2D eigenvalue weighted by atomic mass is 16.8. The van der Waals surface area contributed by atoms with Gasteiger partial charge in [-0.3, -0.25) is 19.6 Å². The van der Waals surface area contributed by atoms with E-state index in [1.54, 1.807) is 12.1 Å². The molecule has 0 bridgehead atoms. The highest BCUT2D eigenvalue weighted by molar-refractivity contribution is 5.89. The van der Waals surface area contributed by atoms with Crippen LogP contribution in [0.4, 0.5) is 0 Å². The van der Waals surface area contributed by atoms with Gasteiger partial charge in [-0.15, -0.1) is 0 Å². The van der Waals surface area contributed by atoms with Crippen LogP contribution in [0.25, 0.3) is 11.0 Å². The summed E-state index contributed by atoms with van der Waals surface area (Å²) in [6.07, 6.45) is -1.02. The van der Waals surface area contributed by atoms with Crippen molar-refractivity contribution >= 4 is 22.8 Å². The maximum absolute atomic E-state index is 13.3. The van der Waals surface area contributed by atoms with Crippen LogP contribution in [-0.2, 0) is 27.3 Å². The first kappa shape index (κ1) is 25.2. The number of hydrogen-bond donors (Lipinski definition) is 5. The molecule has 0 radical (unpaired) electrons. The topological polar surface area (TPSA) is 142 Å². The summed E-state index contributed by atoms with van der Waals surface area (Å²) in [5, 5.41) is 25.4. The lowest BCUT2D eigenvalue weighted by Gasteiger charge is -2.24. The Balaban J connectivity index is 1.83. The van der Waals surface area contributed by atoms with E-state index in [2.05, 4.69) is 15.5 Å². The average molecular weight is 472 g/mol. The molecule has 3 atom stereocenters. The molecular weight excluding hydrogens is 442 g/mol. The van der Waals surface area contributed by atoms with E-state index in [9.17, 15) is 14.7 Å². The fourth-order valence-corrected chi connectivity index (χ4v) is 3.72. The minimum atomic E-state index is -1.31. The first-order valence-corrected chi connectivity index (χ1v) is 10.8. The van der Waals surface area contributed by atoms with Crippen molar-refractivity contribution in [3.05, 3.63) is 65.9 Å². The Morgan fingerprint density at radius 1 is 1.06 bits per heavy atom. The number of carbonyl (C=O) groups excluding carboxylic acids is 2. The van der Waals surface area contributed by atoms with E-state index in [-0.39, 0.29) is 25.4 Å². The van der Waals surface area contributed by atoms with Crippen molar-refractivity contribution in [1.29, 1.82) is 0 Å². The molecule has 5 N–H and O–H groups in total. The van der Waals surface area contributed by atoms with Gasteiger partial charge in [0.1, 0.15) is 11.8 Å². The summed E-state index contributed by atoms with van der Waals surface area (Å²) in [6.45, 7) is -0.374. The molecule has 3 aromatic rings. The van der Waals surface area contributed by atoms with Gasteiger partial charge in [-0.25, -0.2) is 0 Å². The number of ether oxygens (including phenoxy) is 1. The number of carbonyl (C=O) groups is 2. The minimum absolute atomic E-state index is 0.0193. The molecular formula is C24H29N3O7. The Kier molecular flexibility index (Phi) is 9.00. The summed E-state index contributed by atoms with van der Waals surface area (Å²) in [7, 11) is 3.02. The molecule has 10 heteroatoms. The Labute approximate surface area is 196 Å². The summed E-state index contributed by atoms with van der Waals surface area (Å²) >= 11 is 0. The van der Waals surface area contributed by atoms with Gasteiger partial charge in [0.2, 0.25) is 11.8 Å². The predicted molar refractivity (Wildman–Crippen MR) is 123 cm³/mol. The molecule has 3 rings (SSSR count). The van der Waals surface area contributed by atoms with Crippen molar-refractivity contribution in [3.8, 4) is 5.75 Å². The quantitative estimate of drug-likeness (QED) is 0.249. The van der Waals surface area contributed by atoms with Gasteiger partial charge < -0.3 is 24.9 Å². The zero-order chi connectivity index (χ0) is 24.5. The standard InChI is InChI=1S/C24H29N3O7/c1-25-24(30)19(11-15-7-4-3-5-8-15)26-23(29)18(20(28)14-33-27-31)13-17-12-16-9-6-10-21(32-2)22(16)34-17/h3-10,12,18-20,27-28,31H,11,13-14H2,1-2H3,(H,25,30)(H,26,29)/t18-,19+,20?/m1/s1. The van der Waals surface area contributed by atoms with E-state index >= 15 is 0 Å². The van der Waals surface area contributed by atoms with Gasteiger partial charge in [0.05, 0.1) is 25.7 Å². The van der Waals surface area contributed by atoms with Crippen LogP contribution in [0.5, 0.6) is 5.75 Å². The van der Waals surface area contributed by atoms with Crippen LogP contribution in [0.15, 0.2) is 59.0 Å². The zero-order valence-electron chi connectivity index (χ0n) is 19.0. The number of aliphatic hydroxyl groups excluding tert-OH is 1.